The monoisotopic (exact) mass is 760 g/mol. The first-order valence-corrected chi connectivity index (χ1v) is 17.3. The number of carbonyl (C=O) groups excluding carboxylic acids is 5. The lowest BCUT2D eigenvalue weighted by atomic mass is 9.64. The van der Waals surface area contributed by atoms with Crippen molar-refractivity contribution >= 4 is 28.9 Å². The molecule has 0 bridgehead atoms. The van der Waals surface area contributed by atoms with E-state index >= 15 is 0 Å². The number of aliphatic hydroxyl groups is 5. The van der Waals surface area contributed by atoms with E-state index in [0.717, 1.165) is 24.3 Å². The molecule has 0 amide bonds. The molecule has 286 valence electrons. The van der Waals surface area contributed by atoms with E-state index in [4.69, 9.17) is 14.2 Å². The highest BCUT2D eigenvalue weighted by molar-refractivity contribution is 6.21. The van der Waals surface area contributed by atoms with Crippen LogP contribution in [0.15, 0.2) is 152 Å². The summed E-state index contributed by atoms with van der Waals surface area (Å²) in [5.41, 5.74) is -13.3. The van der Waals surface area contributed by atoms with Gasteiger partial charge in [0, 0.05) is 11.1 Å². The van der Waals surface area contributed by atoms with Gasteiger partial charge in [-0.1, -0.05) is 127 Å². The molecule has 56 heavy (non-hydrogen) atoms. The van der Waals surface area contributed by atoms with Gasteiger partial charge in [0.05, 0.1) is 0 Å². The fourth-order valence-corrected chi connectivity index (χ4v) is 6.64. The number of Topliss-reactive ketones (excluding diaryl/α,β-unsaturated/α-hetero) is 5. The first kappa shape index (κ1) is 39.5. The molecular formula is C43H36O13. The Kier molecular flexibility index (Phi) is 11.2. The van der Waals surface area contributed by atoms with Gasteiger partial charge >= 0.3 is 0 Å². The lowest BCUT2D eigenvalue weighted by Crippen LogP contribution is -2.76. The summed E-state index contributed by atoms with van der Waals surface area (Å²) in [5.74, 6) is -12.5. The zero-order chi connectivity index (χ0) is 40.1. The molecule has 0 saturated carbocycles. The quantitative estimate of drug-likeness (QED) is 0.0724. The minimum atomic E-state index is -4.17. The molecule has 5 aromatic carbocycles. The van der Waals surface area contributed by atoms with Crippen LogP contribution in [0, 0.1) is 0 Å². The van der Waals surface area contributed by atoms with Crippen LogP contribution in [-0.2, 0) is 19.1 Å². The highest BCUT2D eigenvalue weighted by atomic mass is 16.7. The van der Waals surface area contributed by atoms with Crippen LogP contribution in [0.2, 0.25) is 0 Å². The standard InChI is InChI=1S/C43H36O13/c44-33(26-54-31-22-12-4-13-23-31)42(52)41(51,37(48)30-20-10-3-11-21-30)39(56-43(42,53)34(45)27-55-32-24-14-5-15-25-32)40(50,36(47)29-18-8-2-9-19-29)38(49)35(46)28-16-6-1-7-17-28/h1-25,35,39,46,50-53H,26-27H2/t35?,39-,40-,41-,42-,43?/m1/s1. The number of hydrogen-bond donors (Lipinski definition) is 5. The summed E-state index contributed by atoms with van der Waals surface area (Å²) in [6.07, 6.45) is -5.58. The van der Waals surface area contributed by atoms with Gasteiger partial charge in [0.2, 0.25) is 40.1 Å². The van der Waals surface area contributed by atoms with Gasteiger partial charge in [-0.25, -0.2) is 0 Å². The van der Waals surface area contributed by atoms with Gasteiger partial charge in [0.25, 0.3) is 5.79 Å². The van der Waals surface area contributed by atoms with Crippen molar-refractivity contribution < 1.29 is 63.7 Å². The molecule has 6 rings (SSSR count). The Morgan fingerprint density at radius 1 is 0.607 bits per heavy atom. The van der Waals surface area contributed by atoms with Crippen molar-refractivity contribution in [2.24, 2.45) is 0 Å². The van der Waals surface area contributed by atoms with Crippen LogP contribution in [0.5, 0.6) is 11.5 Å². The fraction of sp³-hybridized carbons (Fsp3) is 0.186. The van der Waals surface area contributed by atoms with E-state index in [1.54, 1.807) is 30.3 Å². The van der Waals surface area contributed by atoms with Crippen LogP contribution in [0.1, 0.15) is 32.4 Å². The number of hydrogen-bond acceptors (Lipinski definition) is 13. The Bertz CT molecular complexity index is 2200. The molecule has 1 aliphatic rings. The number of ketones is 5. The predicted octanol–water partition coefficient (Wildman–Crippen LogP) is 2.63. The lowest BCUT2D eigenvalue weighted by molar-refractivity contribution is -0.255. The SMILES string of the molecule is O=C(COc1ccccc1)C1(O)O[C@H]([C@@](O)(C(=O)c2ccccc2)C(=O)C(O)c2ccccc2)[C@](O)(C(=O)c2ccccc2)[C@]1(O)C(=O)COc1ccccc1. The van der Waals surface area contributed by atoms with Crippen LogP contribution in [-0.4, -0.2) is 96.4 Å². The van der Waals surface area contributed by atoms with E-state index in [2.05, 4.69) is 0 Å². The van der Waals surface area contributed by atoms with Crippen molar-refractivity contribution in [3.8, 4) is 11.5 Å². The van der Waals surface area contributed by atoms with Crippen LogP contribution in [0.3, 0.4) is 0 Å². The van der Waals surface area contributed by atoms with Crippen molar-refractivity contribution in [2.45, 2.75) is 34.8 Å². The van der Waals surface area contributed by atoms with E-state index in [1.807, 2.05) is 0 Å². The summed E-state index contributed by atoms with van der Waals surface area (Å²) in [6, 6.07) is 35.0. The lowest BCUT2D eigenvalue weighted by Gasteiger charge is -2.42. The summed E-state index contributed by atoms with van der Waals surface area (Å²) in [6.45, 7) is -2.44. The van der Waals surface area contributed by atoms with Gasteiger partial charge in [-0.05, 0) is 29.8 Å². The van der Waals surface area contributed by atoms with E-state index in [9.17, 15) is 49.5 Å². The molecule has 6 atom stereocenters. The molecule has 0 spiro atoms. The molecule has 1 aliphatic heterocycles. The van der Waals surface area contributed by atoms with Gasteiger partial charge in [0.1, 0.15) is 30.3 Å². The summed E-state index contributed by atoms with van der Waals surface area (Å²) < 4.78 is 16.7. The van der Waals surface area contributed by atoms with Crippen molar-refractivity contribution in [3.63, 3.8) is 0 Å². The van der Waals surface area contributed by atoms with Crippen LogP contribution < -0.4 is 9.47 Å². The summed E-state index contributed by atoms with van der Waals surface area (Å²) >= 11 is 0. The third-order valence-corrected chi connectivity index (χ3v) is 9.60. The topological polar surface area (TPSA) is 214 Å². The van der Waals surface area contributed by atoms with Crippen LogP contribution >= 0.6 is 0 Å². The minimum Gasteiger partial charge on any atom is -0.486 e. The smallest absolute Gasteiger partial charge is 0.271 e. The van der Waals surface area contributed by atoms with E-state index in [-0.39, 0.29) is 17.1 Å². The first-order chi connectivity index (χ1) is 26.8. The second-order valence-electron chi connectivity index (χ2n) is 13.0. The predicted molar refractivity (Wildman–Crippen MR) is 197 cm³/mol. The zero-order valence-electron chi connectivity index (χ0n) is 29.5. The second-order valence-corrected chi connectivity index (χ2v) is 13.0. The van der Waals surface area contributed by atoms with Crippen molar-refractivity contribution in [2.75, 3.05) is 13.2 Å². The number of para-hydroxylation sites is 2. The van der Waals surface area contributed by atoms with Gasteiger partial charge in [-0.3, -0.25) is 24.0 Å². The number of benzene rings is 5. The van der Waals surface area contributed by atoms with Gasteiger partial charge < -0.3 is 39.7 Å². The number of ether oxygens (including phenoxy) is 3. The molecular weight excluding hydrogens is 724 g/mol. The van der Waals surface area contributed by atoms with Crippen molar-refractivity contribution in [1.82, 2.24) is 0 Å². The van der Waals surface area contributed by atoms with Crippen LogP contribution in [0.4, 0.5) is 0 Å². The molecule has 0 radical (unpaired) electrons. The molecule has 1 fully saturated rings. The van der Waals surface area contributed by atoms with Gasteiger partial charge in [-0.15, -0.1) is 0 Å². The molecule has 2 unspecified atom stereocenters. The van der Waals surface area contributed by atoms with E-state index < -0.39 is 88.1 Å². The summed E-state index contributed by atoms with van der Waals surface area (Å²) in [7, 11) is 0. The highest BCUT2D eigenvalue weighted by Crippen LogP contribution is 2.53. The average molecular weight is 761 g/mol. The molecule has 1 saturated heterocycles. The fourth-order valence-electron chi connectivity index (χ4n) is 6.64. The molecule has 5 N–H and O–H groups in total. The Labute approximate surface area is 320 Å². The molecule has 5 aromatic rings. The Morgan fingerprint density at radius 3 is 1.50 bits per heavy atom. The summed E-state index contributed by atoms with van der Waals surface area (Å²) in [5, 5.41) is 62.2. The van der Waals surface area contributed by atoms with E-state index in [0.29, 0.717) is 0 Å². The maximum atomic E-state index is 14.8. The maximum Gasteiger partial charge on any atom is 0.271 e. The normalized spacial score (nSPS) is 23.3. The number of rotatable bonds is 16. The van der Waals surface area contributed by atoms with E-state index in [1.165, 1.54) is 97.1 Å². The minimum absolute atomic E-state index is 0.0389. The highest BCUT2D eigenvalue weighted by Gasteiger charge is 2.86. The Hall–Kier alpha value is -6.19. The summed E-state index contributed by atoms with van der Waals surface area (Å²) in [4.78, 5) is 72.7. The molecule has 1 heterocycles. The maximum absolute atomic E-state index is 14.8. The average Bonchev–Trinajstić information content (AvgIpc) is 3.45. The molecule has 13 nitrogen and oxygen atoms in total. The van der Waals surface area contributed by atoms with Crippen molar-refractivity contribution in [3.05, 3.63) is 168 Å². The van der Waals surface area contributed by atoms with Gasteiger partial charge in [-0.2, -0.15) is 0 Å². The third-order valence-electron chi connectivity index (χ3n) is 9.60. The number of carbonyl (C=O) groups is 5. The molecule has 13 heteroatoms. The number of aliphatic hydroxyl groups excluding tert-OH is 1. The Morgan fingerprint density at radius 2 is 1.02 bits per heavy atom. The molecule has 0 aliphatic carbocycles. The van der Waals surface area contributed by atoms with Crippen LogP contribution in [0.25, 0.3) is 0 Å². The first-order valence-electron chi connectivity index (χ1n) is 17.3. The Balaban J connectivity index is 1.60. The molecule has 0 aromatic heterocycles. The van der Waals surface area contributed by atoms with Crippen molar-refractivity contribution in [1.29, 1.82) is 0 Å². The second kappa shape index (κ2) is 15.9. The van der Waals surface area contributed by atoms with Gasteiger partial charge in [0.15, 0.2) is 12.2 Å². The zero-order valence-corrected chi connectivity index (χ0v) is 29.5. The largest absolute Gasteiger partial charge is 0.486 e. The third kappa shape index (κ3) is 6.73.